The van der Waals surface area contributed by atoms with Crippen molar-refractivity contribution in [2.24, 2.45) is 22.5 Å². The van der Waals surface area contributed by atoms with E-state index in [4.69, 9.17) is 5.73 Å². The summed E-state index contributed by atoms with van der Waals surface area (Å²) in [5.74, 6) is 0.643. The van der Waals surface area contributed by atoms with Gasteiger partial charge in [-0.05, 0) is 67.3 Å². The molecule has 4 atom stereocenters. The molecule has 2 unspecified atom stereocenters. The van der Waals surface area contributed by atoms with Crippen LogP contribution >= 0.6 is 0 Å². The molecule has 5 rings (SSSR count). The first-order valence-electron chi connectivity index (χ1n) is 8.87. The molecule has 1 aromatic rings. The van der Waals surface area contributed by atoms with Crippen LogP contribution in [0.3, 0.4) is 0 Å². The van der Waals surface area contributed by atoms with E-state index in [0.29, 0.717) is 11.3 Å². The Bertz CT molecular complexity index is 603. The molecule has 2 nitrogen and oxygen atoms in total. The van der Waals surface area contributed by atoms with Crippen molar-refractivity contribution in [1.29, 1.82) is 0 Å². The highest BCUT2D eigenvalue weighted by Crippen LogP contribution is 2.67. The van der Waals surface area contributed by atoms with Crippen LogP contribution in [0.2, 0.25) is 0 Å². The van der Waals surface area contributed by atoms with Crippen LogP contribution in [0.5, 0.6) is 0 Å². The molecule has 0 radical (unpaired) electrons. The summed E-state index contributed by atoms with van der Waals surface area (Å²) in [5, 5.41) is 0. The number of nitrogens with two attached hydrogens (primary N) is 1. The molecular weight excluding hydrogens is 270 g/mol. The third kappa shape index (κ3) is 1.89. The Morgan fingerprint density at radius 2 is 1.95 bits per heavy atom. The van der Waals surface area contributed by atoms with Crippen molar-refractivity contribution in [1.82, 2.24) is 0 Å². The van der Waals surface area contributed by atoms with E-state index < -0.39 is 0 Å². The fourth-order valence-electron chi connectivity index (χ4n) is 6.41. The summed E-state index contributed by atoms with van der Waals surface area (Å²) in [4.78, 5) is 12.4. The van der Waals surface area contributed by atoms with Crippen molar-refractivity contribution in [3.63, 3.8) is 0 Å². The Labute approximate surface area is 135 Å². The van der Waals surface area contributed by atoms with Gasteiger partial charge in [-0.3, -0.25) is 4.79 Å². The Morgan fingerprint density at radius 3 is 2.64 bits per heavy atom. The van der Waals surface area contributed by atoms with E-state index in [-0.39, 0.29) is 18.2 Å². The zero-order chi connectivity index (χ0) is 15.4. The summed E-state index contributed by atoms with van der Waals surface area (Å²) in [7, 11) is 0. The summed E-state index contributed by atoms with van der Waals surface area (Å²) in [6.45, 7) is 2.35. The smallest absolute Gasteiger partial charge is 0.223 e. The maximum absolute atomic E-state index is 12.4. The van der Waals surface area contributed by atoms with Crippen molar-refractivity contribution in [2.45, 2.75) is 63.7 Å². The monoisotopic (exact) mass is 299 g/mol. The third-order valence-electron chi connectivity index (χ3n) is 7.26. The Hall–Kier alpha value is -1.31. The number of benzene rings is 1. The number of carbonyl (C=O) groups is 1. The fourth-order valence-corrected chi connectivity index (χ4v) is 6.41. The van der Waals surface area contributed by atoms with Crippen molar-refractivity contribution in [3.8, 4) is 0 Å². The number of amides is 1. The van der Waals surface area contributed by atoms with E-state index in [2.05, 4.69) is 37.3 Å². The molecule has 22 heavy (non-hydrogen) atoms. The lowest BCUT2D eigenvalue weighted by Crippen LogP contribution is -2.51. The molecule has 2 heteroatoms. The molecule has 0 aromatic heterocycles. The molecule has 0 heterocycles. The number of hydrogen-bond donors (Lipinski definition) is 1. The lowest BCUT2D eigenvalue weighted by atomic mass is 9.49. The second-order valence-corrected chi connectivity index (χ2v) is 8.48. The Morgan fingerprint density at radius 1 is 1.18 bits per heavy atom. The predicted molar refractivity (Wildman–Crippen MR) is 90.4 cm³/mol. The van der Waals surface area contributed by atoms with Crippen LogP contribution in [0.4, 0.5) is 0 Å². The molecule has 0 saturated heterocycles. The average Bonchev–Trinajstić information content (AvgIpc) is 2.71. The van der Waals surface area contributed by atoms with E-state index in [0.717, 1.165) is 19.3 Å². The van der Waals surface area contributed by atoms with Crippen LogP contribution in [0.25, 0.3) is 0 Å². The predicted octanol–water partition coefficient (Wildman–Crippen LogP) is 4.43. The number of hydrogen-bond acceptors (Lipinski definition) is 1. The first-order valence-corrected chi connectivity index (χ1v) is 8.87. The average molecular weight is 299 g/mol. The quantitative estimate of drug-likeness (QED) is 0.881. The molecule has 2 N–H and O–H groups in total. The van der Waals surface area contributed by atoms with E-state index in [1.807, 2.05) is 0 Å². The van der Waals surface area contributed by atoms with Gasteiger partial charge >= 0.3 is 0 Å². The van der Waals surface area contributed by atoms with Gasteiger partial charge in [0.15, 0.2) is 0 Å². The first kappa shape index (κ1) is 14.3. The van der Waals surface area contributed by atoms with Crippen LogP contribution in [0.1, 0.15) is 65.3 Å². The van der Waals surface area contributed by atoms with E-state index in [1.165, 1.54) is 37.7 Å². The lowest BCUT2D eigenvalue weighted by Gasteiger charge is -2.55. The molecule has 4 saturated carbocycles. The standard InChI is InChI=1S/C20H27NO.H2/c1-2-18-8-9-19(17(21)22)11-15(10-18)12-20(13-18,14-19)16-6-4-3-5-7-16;/h3-7,15H,2,8-14H2,1H3,(H2,21,22);1H/t15?,18-,19?,20-;/m1./s1. The number of carbonyl (C=O) groups excluding carboxylic acids is 1. The van der Waals surface area contributed by atoms with Gasteiger partial charge < -0.3 is 5.73 Å². The zero-order valence-corrected chi connectivity index (χ0v) is 13.6. The van der Waals surface area contributed by atoms with Gasteiger partial charge in [0.1, 0.15) is 0 Å². The minimum Gasteiger partial charge on any atom is -0.369 e. The fraction of sp³-hybridized carbons (Fsp3) is 0.650. The van der Waals surface area contributed by atoms with Gasteiger partial charge in [0.25, 0.3) is 0 Å². The highest BCUT2D eigenvalue weighted by molar-refractivity contribution is 5.81. The topological polar surface area (TPSA) is 43.1 Å². The van der Waals surface area contributed by atoms with E-state index >= 15 is 0 Å². The van der Waals surface area contributed by atoms with Gasteiger partial charge in [-0.1, -0.05) is 43.7 Å². The minimum atomic E-state index is -0.244. The van der Waals surface area contributed by atoms with Gasteiger partial charge in [-0.15, -0.1) is 0 Å². The van der Waals surface area contributed by atoms with Crippen LogP contribution in [0, 0.1) is 16.7 Å². The van der Waals surface area contributed by atoms with Crippen molar-refractivity contribution >= 4 is 5.91 Å². The molecule has 4 aliphatic carbocycles. The maximum Gasteiger partial charge on any atom is 0.223 e. The van der Waals surface area contributed by atoms with Crippen LogP contribution in [-0.4, -0.2) is 5.91 Å². The zero-order valence-electron chi connectivity index (χ0n) is 13.6. The summed E-state index contributed by atoms with van der Waals surface area (Å²) in [5.41, 5.74) is 7.77. The third-order valence-corrected chi connectivity index (χ3v) is 7.26. The number of rotatable bonds is 3. The molecule has 4 fully saturated rings. The molecule has 0 spiro atoms. The van der Waals surface area contributed by atoms with E-state index in [9.17, 15) is 4.79 Å². The summed E-state index contributed by atoms with van der Waals surface area (Å²) < 4.78 is 0. The SMILES string of the molecule is CC[C@@]12CCC3(C(N)=O)CC(C1)C[C@](c1ccccc1)(C3)C2.[HH]. The summed E-state index contributed by atoms with van der Waals surface area (Å²) in [6, 6.07) is 11.0. The first-order chi connectivity index (χ1) is 10.5. The summed E-state index contributed by atoms with van der Waals surface area (Å²) in [6.07, 6.45) is 9.30. The molecule has 0 aliphatic heterocycles. The molecule has 4 aliphatic rings. The van der Waals surface area contributed by atoms with Gasteiger partial charge in [-0.2, -0.15) is 0 Å². The van der Waals surface area contributed by atoms with Gasteiger partial charge in [0, 0.05) is 1.43 Å². The molecule has 1 aromatic carbocycles. The van der Waals surface area contributed by atoms with Gasteiger partial charge in [0.2, 0.25) is 5.91 Å². The van der Waals surface area contributed by atoms with Crippen LogP contribution in [-0.2, 0) is 10.2 Å². The molecule has 4 bridgehead atoms. The molecule has 120 valence electrons. The normalized spacial score (nSPS) is 43.0. The van der Waals surface area contributed by atoms with Crippen LogP contribution < -0.4 is 5.73 Å². The second kappa shape index (κ2) is 4.59. The van der Waals surface area contributed by atoms with Crippen molar-refractivity contribution < 1.29 is 6.22 Å². The largest absolute Gasteiger partial charge is 0.369 e. The Balaban J connectivity index is 0.00000156. The summed E-state index contributed by atoms with van der Waals surface area (Å²) >= 11 is 0. The Kier molecular flexibility index (Phi) is 2.99. The van der Waals surface area contributed by atoms with Gasteiger partial charge in [-0.25, -0.2) is 0 Å². The molecule has 1 amide bonds. The van der Waals surface area contributed by atoms with E-state index in [1.54, 1.807) is 0 Å². The highest BCUT2D eigenvalue weighted by atomic mass is 16.1. The molecular formula is C20H29NO. The number of fused-ring (bicyclic) bond motifs is 1. The van der Waals surface area contributed by atoms with Crippen LogP contribution in [0.15, 0.2) is 30.3 Å². The van der Waals surface area contributed by atoms with Gasteiger partial charge in [0.05, 0.1) is 5.41 Å². The second-order valence-electron chi connectivity index (χ2n) is 8.48. The number of primary amides is 1. The minimum absolute atomic E-state index is 0. The highest BCUT2D eigenvalue weighted by Gasteiger charge is 2.61. The lowest BCUT2D eigenvalue weighted by molar-refractivity contribution is -0.133. The van der Waals surface area contributed by atoms with Crippen molar-refractivity contribution in [3.05, 3.63) is 35.9 Å². The maximum atomic E-state index is 12.4. The van der Waals surface area contributed by atoms with Crippen molar-refractivity contribution in [2.75, 3.05) is 0 Å².